The Morgan fingerprint density at radius 1 is 1.53 bits per heavy atom. The SMILES string of the molecule is Cc1cnc2c(c1)CCC(C)(C)C2C(N)=S.Cl. The van der Waals surface area contributed by atoms with Crippen molar-refractivity contribution in [2.45, 2.75) is 39.5 Å². The first-order valence-corrected chi connectivity index (χ1v) is 6.07. The van der Waals surface area contributed by atoms with Crippen molar-refractivity contribution in [1.82, 2.24) is 4.98 Å². The number of nitrogens with two attached hydrogens (primary N) is 1. The van der Waals surface area contributed by atoms with Gasteiger partial charge in [-0.2, -0.15) is 0 Å². The third kappa shape index (κ3) is 2.61. The van der Waals surface area contributed by atoms with Gasteiger partial charge < -0.3 is 5.73 Å². The van der Waals surface area contributed by atoms with E-state index in [1.54, 1.807) is 0 Å². The van der Waals surface area contributed by atoms with Crippen LogP contribution in [0.2, 0.25) is 0 Å². The lowest BCUT2D eigenvalue weighted by molar-refractivity contribution is 0.289. The number of aryl methyl sites for hydroxylation is 2. The van der Waals surface area contributed by atoms with Gasteiger partial charge in [0.2, 0.25) is 0 Å². The van der Waals surface area contributed by atoms with Crippen molar-refractivity contribution < 1.29 is 0 Å². The van der Waals surface area contributed by atoms with Gasteiger partial charge in [-0.05, 0) is 36.3 Å². The first-order chi connectivity index (χ1) is 7.42. The Kier molecular flexibility index (Phi) is 4.15. The molecule has 94 valence electrons. The highest BCUT2D eigenvalue weighted by Crippen LogP contribution is 2.44. The minimum Gasteiger partial charge on any atom is -0.393 e. The van der Waals surface area contributed by atoms with Crippen LogP contribution in [0, 0.1) is 12.3 Å². The van der Waals surface area contributed by atoms with E-state index in [0.29, 0.717) is 4.99 Å². The van der Waals surface area contributed by atoms with Crippen LogP contribution < -0.4 is 5.73 Å². The molecule has 0 aromatic carbocycles. The molecule has 0 amide bonds. The van der Waals surface area contributed by atoms with Gasteiger partial charge in [0.25, 0.3) is 0 Å². The van der Waals surface area contributed by atoms with Crippen molar-refractivity contribution in [3.8, 4) is 0 Å². The molecular weight excluding hydrogens is 252 g/mol. The Bertz CT molecular complexity index is 443. The largest absolute Gasteiger partial charge is 0.393 e. The summed E-state index contributed by atoms with van der Waals surface area (Å²) in [6, 6.07) is 2.21. The lowest BCUT2D eigenvalue weighted by Crippen LogP contribution is -2.37. The van der Waals surface area contributed by atoms with E-state index in [4.69, 9.17) is 18.0 Å². The average molecular weight is 271 g/mol. The summed E-state index contributed by atoms with van der Waals surface area (Å²) < 4.78 is 0. The predicted octanol–water partition coefficient (Wildman–Crippen LogP) is 3.15. The molecule has 0 saturated carbocycles. The Morgan fingerprint density at radius 3 is 2.76 bits per heavy atom. The van der Waals surface area contributed by atoms with Crippen LogP contribution in [-0.2, 0) is 6.42 Å². The van der Waals surface area contributed by atoms with E-state index in [1.165, 1.54) is 11.1 Å². The van der Waals surface area contributed by atoms with Crippen LogP contribution >= 0.6 is 24.6 Å². The van der Waals surface area contributed by atoms with Gasteiger partial charge in [-0.25, -0.2) is 0 Å². The molecule has 1 heterocycles. The molecule has 0 fully saturated rings. The Labute approximate surface area is 114 Å². The quantitative estimate of drug-likeness (QED) is 0.797. The highest BCUT2D eigenvalue weighted by molar-refractivity contribution is 7.80. The molecule has 1 aromatic heterocycles. The molecule has 0 saturated heterocycles. The zero-order valence-corrected chi connectivity index (χ0v) is 12.1. The topological polar surface area (TPSA) is 38.9 Å². The summed E-state index contributed by atoms with van der Waals surface area (Å²) in [5.41, 5.74) is 9.63. The summed E-state index contributed by atoms with van der Waals surface area (Å²) >= 11 is 5.21. The van der Waals surface area contributed by atoms with Crippen molar-refractivity contribution in [2.75, 3.05) is 0 Å². The van der Waals surface area contributed by atoms with Crippen molar-refractivity contribution in [3.05, 3.63) is 29.1 Å². The van der Waals surface area contributed by atoms with E-state index in [9.17, 15) is 0 Å². The Hall–Kier alpha value is -0.670. The van der Waals surface area contributed by atoms with Crippen LogP contribution in [0.5, 0.6) is 0 Å². The second-order valence-electron chi connectivity index (χ2n) is 5.38. The first kappa shape index (κ1) is 14.4. The van der Waals surface area contributed by atoms with Gasteiger partial charge in [-0.3, -0.25) is 4.98 Å². The summed E-state index contributed by atoms with van der Waals surface area (Å²) in [6.45, 7) is 6.52. The molecule has 1 aromatic rings. The van der Waals surface area contributed by atoms with Crippen LogP contribution in [0.1, 0.15) is 43.0 Å². The van der Waals surface area contributed by atoms with E-state index in [-0.39, 0.29) is 23.7 Å². The molecule has 0 radical (unpaired) electrons. The number of halogens is 1. The number of hydrogen-bond donors (Lipinski definition) is 1. The molecule has 0 aliphatic heterocycles. The predicted molar refractivity (Wildman–Crippen MR) is 77.9 cm³/mol. The van der Waals surface area contributed by atoms with Crippen molar-refractivity contribution in [1.29, 1.82) is 0 Å². The molecule has 1 unspecified atom stereocenters. The van der Waals surface area contributed by atoms with Gasteiger partial charge >= 0.3 is 0 Å². The van der Waals surface area contributed by atoms with Gasteiger partial charge in [-0.1, -0.05) is 32.1 Å². The van der Waals surface area contributed by atoms with Gasteiger partial charge in [0.1, 0.15) is 0 Å². The molecule has 2 nitrogen and oxygen atoms in total. The smallest absolute Gasteiger partial charge is 0.0824 e. The second kappa shape index (κ2) is 4.91. The zero-order valence-electron chi connectivity index (χ0n) is 10.5. The standard InChI is InChI=1S/C13H18N2S.ClH/c1-8-6-9-4-5-13(2,3)10(12(14)16)11(9)15-7-8;/h6-7,10H,4-5H2,1-3H3,(H2,14,16);1H. The number of thiocarbonyl (C=S) groups is 1. The van der Waals surface area contributed by atoms with Crippen molar-refractivity contribution in [2.24, 2.45) is 11.1 Å². The molecule has 2 N–H and O–H groups in total. The minimum atomic E-state index is 0. The van der Waals surface area contributed by atoms with E-state index >= 15 is 0 Å². The van der Waals surface area contributed by atoms with E-state index < -0.39 is 0 Å². The molecular formula is C13H19ClN2S. The normalized spacial score (nSPS) is 21.2. The third-order valence-electron chi connectivity index (χ3n) is 3.52. The first-order valence-electron chi connectivity index (χ1n) is 5.66. The fourth-order valence-corrected chi connectivity index (χ4v) is 3.02. The number of fused-ring (bicyclic) bond motifs is 1. The summed E-state index contributed by atoms with van der Waals surface area (Å²) in [5.74, 6) is 0.117. The van der Waals surface area contributed by atoms with E-state index in [1.807, 2.05) is 6.20 Å². The lowest BCUT2D eigenvalue weighted by atomic mass is 9.68. The number of aromatic nitrogens is 1. The van der Waals surface area contributed by atoms with Crippen LogP contribution in [0.4, 0.5) is 0 Å². The van der Waals surface area contributed by atoms with Gasteiger partial charge in [0, 0.05) is 6.20 Å². The molecule has 1 aliphatic rings. The van der Waals surface area contributed by atoms with E-state index in [2.05, 4.69) is 31.8 Å². The lowest BCUT2D eigenvalue weighted by Gasteiger charge is -2.38. The maximum atomic E-state index is 5.89. The molecule has 2 rings (SSSR count). The zero-order chi connectivity index (χ0) is 11.9. The molecule has 1 aliphatic carbocycles. The third-order valence-corrected chi connectivity index (χ3v) is 3.75. The number of hydrogen-bond acceptors (Lipinski definition) is 2. The second-order valence-corrected chi connectivity index (χ2v) is 5.85. The Morgan fingerprint density at radius 2 is 2.18 bits per heavy atom. The summed E-state index contributed by atoms with van der Waals surface area (Å²) in [7, 11) is 0. The molecule has 17 heavy (non-hydrogen) atoms. The maximum absolute atomic E-state index is 5.89. The van der Waals surface area contributed by atoms with Crippen LogP contribution in [0.15, 0.2) is 12.3 Å². The van der Waals surface area contributed by atoms with Crippen molar-refractivity contribution >= 4 is 29.6 Å². The van der Waals surface area contributed by atoms with Crippen molar-refractivity contribution in [3.63, 3.8) is 0 Å². The van der Waals surface area contributed by atoms with Crippen LogP contribution in [0.25, 0.3) is 0 Å². The average Bonchev–Trinajstić information content (AvgIpc) is 2.16. The number of pyridine rings is 1. The monoisotopic (exact) mass is 270 g/mol. The fraction of sp³-hybridized carbons (Fsp3) is 0.538. The minimum absolute atomic E-state index is 0. The van der Waals surface area contributed by atoms with Gasteiger partial charge in [0.15, 0.2) is 0 Å². The molecule has 0 spiro atoms. The van der Waals surface area contributed by atoms with Gasteiger partial charge in [0.05, 0.1) is 16.6 Å². The summed E-state index contributed by atoms with van der Waals surface area (Å²) in [4.78, 5) is 5.12. The maximum Gasteiger partial charge on any atom is 0.0824 e. The molecule has 1 atom stereocenters. The fourth-order valence-electron chi connectivity index (χ4n) is 2.59. The number of nitrogens with zero attached hydrogens (tertiary/aromatic N) is 1. The number of rotatable bonds is 1. The van der Waals surface area contributed by atoms with Crippen LogP contribution in [0.3, 0.4) is 0 Å². The molecule has 0 bridgehead atoms. The van der Waals surface area contributed by atoms with E-state index in [0.717, 1.165) is 18.5 Å². The highest BCUT2D eigenvalue weighted by Gasteiger charge is 2.38. The van der Waals surface area contributed by atoms with Crippen LogP contribution in [-0.4, -0.2) is 9.97 Å². The summed E-state index contributed by atoms with van der Waals surface area (Å²) in [6.07, 6.45) is 4.11. The summed E-state index contributed by atoms with van der Waals surface area (Å²) in [5, 5.41) is 0. The van der Waals surface area contributed by atoms with Gasteiger partial charge in [-0.15, -0.1) is 12.4 Å². The molecule has 4 heteroatoms. The highest BCUT2D eigenvalue weighted by atomic mass is 35.5. The Balaban J connectivity index is 0.00000144.